The molecule has 6 nitrogen and oxygen atoms in total. The van der Waals surface area contributed by atoms with E-state index in [0.29, 0.717) is 11.6 Å². The first-order chi connectivity index (χ1) is 20.3. The summed E-state index contributed by atoms with van der Waals surface area (Å²) in [6.45, 7) is 0.163. The van der Waals surface area contributed by atoms with Crippen molar-refractivity contribution in [2.75, 3.05) is 13.6 Å². The molecular weight excluding hydrogens is 660 g/mol. The Balaban J connectivity index is 1.55. The summed E-state index contributed by atoms with van der Waals surface area (Å²) in [7, 11) is 1.67. The molecule has 250 valence electrons. The topological polar surface area (TPSA) is 65.1 Å². The van der Waals surface area contributed by atoms with Crippen LogP contribution in [0.1, 0.15) is 17.5 Å². The van der Waals surface area contributed by atoms with E-state index in [4.69, 9.17) is 4.74 Å². The Morgan fingerprint density at radius 3 is 1.96 bits per heavy atom. The van der Waals surface area contributed by atoms with Crippen LogP contribution in [0.15, 0.2) is 24.3 Å². The molecule has 1 saturated heterocycles. The van der Waals surface area contributed by atoms with Crippen LogP contribution in [-0.4, -0.2) is 84.7 Å². The summed E-state index contributed by atoms with van der Waals surface area (Å²) in [5.74, 6) is -35.9. The lowest BCUT2D eigenvalue weighted by Crippen LogP contribution is -2.65. The van der Waals surface area contributed by atoms with E-state index in [9.17, 15) is 71.1 Å². The molecule has 45 heavy (non-hydrogen) atoms. The largest absolute Gasteiger partial charge is 0.481 e. The normalized spacial score (nSPS) is 28.3. The van der Waals surface area contributed by atoms with Crippen molar-refractivity contribution in [2.45, 2.75) is 72.5 Å². The number of halogens is 14. The van der Waals surface area contributed by atoms with Gasteiger partial charge >= 0.3 is 48.0 Å². The third-order valence-electron chi connectivity index (χ3n) is 8.57. The minimum Gasteiger partial charge on any atom is -0.481 e. The van der Waals surface area contributed by atoms with Gasteiger partial charge in [-0.3, -0.25) is 0 Å². The van der Waals surface area contributed by atoms with Gasteiger partial charge in [-0.2, -0.15) is 61.5 Å². The zero-order chi connectivity index (χ0) is 33.9. The summed E-state index contributed by atoms with van der Waals surface area (Å²) >= 11 is 0. The Hall–Kier alpha value is -3.32. The molecule has 0 N–H and O–H groups in total. The van der Waals surface area contributed by atoms with Crippen LogP contribution in [0, 0.1) is 5.92 Å². The fraction of sp³-hybridized carbons (Fsp3) is 0.600. The number of nitrogens with zero attached hydrogens (tertiary/aromatic N) is 1. The molecule has 5 rings (SSSR count). The summed E-state index contributed by atoms with van der Waals surface area (Å²) in [5, 5.41) is 0. The molecule has 4 aliphatic rings. The van der Waals surface area contributed by atoms with Crippen LogP contribution in [0.3, 0.4) is 0 Å². The van der Waals surface area contributed by atoms with Crippen molar-refractivity contribution >= 4 is 11.9 Å². The van der Waals surface area contributed by atoms with Gasteiger partial charge in [0.25, 0.3) is 0 Å². The zero-order valence-corrected chi connectivity index (χ0v) is 22.0. The van der Waals surface area contributed by atoms with Crippen LogP contribution in [0.5, 0.6) is 11.5 Å². The Morgan fingerprint density at radius 1 is 0.844 bits per heavy atom. The maximum absolute atomic E-state index is 14.1. The molecule has 2 bridgehead atoms. The summed E-state index contributed by atoms with van der Waals surface area (Å²) < 4.78 is 200. The van der Waals surface area contributed by atoms with Crippen LogP contribution < -0.4 is 9.47 Å². The number of rotatable bonds is 6. The lowest BCUT2D eigenvalue weighted by molar-refractivity contribution is -0.349. The van der Waals surface area contributed by atoms with Gasteiger partial charge in [0.1, 0.15) is 6.10 Å². The van der Waals surface area contributed by atoms with Gasteiger partial charge in [0.05, 0.1) is 0 Å². The zero-order valence-electron chi connectivity index (χ0n) is 22.0. The molecule has 2 heterocycles. The standard InChI is InChI=1S/C25H17F14NO5/c1-40-7-6-19-10-3-5-13(44-18(42)21(28,29)23(32,33)25(37,38)39)16(19)45-15-12(4-2-9(14(15)19)8-11(10)40)43-17(41)20(26,27)22(30,31)24(34,35)36/h2-5,10-11,13,16H,6-8H2,1H3/t10-,11+,13-,16-,19-/m0/s1. The van der Waals surface area contributed by atoms with E-state index in [1.165, 1.54) is 6.08 Å². The monoisotopic (exact) mass is 677 g/mol. The van der Waals surface area contributed by atoms with Crippen molar-refractivity contribution in [3.63, 3.8) is 0 Å². The van der Waals surface area contributed by atoms with Gasteiger partial charge in [0, 0.05) is 22.9 Å². The number of likely N-dealkylation sites (N-methyl/N-ethyl adjacent to an activating group) is 1. The van der Waals surface area contributed by atoms with E-state index in [-0.39, 0.29) is 24.9 Å². The van der Waals surface area contributed by atoms with Crippen molar-refractivity contribution in [3.05, 3.63) is 35.4 Å². The van der Waals surface area contributed by atoms with E-state index < -0.39 is 89.1 Å². The smallest absolute Gasteiger partial charge is 0.460 e. The fourth-order valence-corrected chi connectivity index (χ4v) is 6.36. The maximum atomic E-state index is 14.1. The highest BCUT2D eigenvalue weighted by Crippen LogP contribution is 2.63. The average molecular weight is 677 g/mol. The molecule has 0 unspecified atom stereocenters. The Kier molecular flexibility index (Phi) is 7.05. The molecule has 2 aliphatic carbocycles. The Morgan fingerprint density at radius 2 is 1.40 bits per heavy atom. The van der Waals surface area contributed by atoms with E-state index in [2.05, 4.69) is 9.47 Å². The highest BCUT2D eigenvalue weighted by Gasteiger charge is 2.79. The number of benzene rings is 1. The number of likely N-dealkylation sites (tertiary alicyclic amines) is 1. The van der Waals surface area contributed by atoms with Gasteiger partial charge in [-0.25, -0.2) is 9.59 Å². The van der Waals surface area contributed by atoms with E-state index in [0.717, 1.165) is 12.1 Å². The van der Waals surface area contributed by atoms with Gasteiger partial charge in [0.15, 0.2) is 17.6 Å². The van der Waals surface area contributed by atoms with E-state index in [1.807, 2.05) is 4.90 Å². The van der Waals surface area contributed by atoms with Crippen LogP contribution in [0.25, 0.3) is 0 Å². The molecule has 0 saturated carbocycles. The number of esters is 2. The molecular formula is C25H17F14NO5. The van der Waals surface area contributed by atoms with Crippen LogP contribution in [0.2, 0.25) is 0 Å². The molecule has 0 amide bonds. The molecule has 0 aromatic heterocycles. The lowest BCUT2D eigenvalue weighted by Gasteiger charge is -2.56. The molecule has 1 aromatic carbocycles. The van der Waals surface area contributed by atoms with Crippen LogP contribution in [0.4, 0.5) is 61.5 Å². The first-order valence-corrected chi connectivity index (χ1v) is 12.6. The van der Waals surface area contributed by atoms with Crippen LogP contribution in [-0.2, 0) is 26.2 Å². The second kappa shape index (κ2) is 9.60. The van der Waals surface area contributed by atoms with E-state index >= 15 is 0 Å². The number of hydrogen-bond acceptors (Lipinski definition) is 6. The predicted octanol–water partition coefficient (Wildman–Crippen LogP) is 5.61. The van der Waals surface area contributed by atoms with Gasteiger partial charge in [-0.05, 0) is 44.1 Å². The number of hydrogen-bond donors (Lipinski definition) is 0. The number of carbonyl (C=O) groups is 2. The van der Waals surface area contributed by atoms with Crippen molar-refractivity contribution in [3.8, 4) is 11.5 Å². The quantitative estimate of drug-likeness (QED) is 0.169. The van der Waals surface area contributed by atoms with Crippen molar-refractivity contribution < 1.29 is 85.3 Å². The summed E-state index contributed by atoms with van der Waals surface area (Å²) in [4.78, 5) is 25.9. The molecule has 1 aromatic rings. The number of carbonyl (C=O) groups excluding carboxylic acids is 2. The molecule has 1 spiro atoms. The minimum atomic E-state index is -6.89. The first kappa shape index (κ1) is 33.1. The number of alkyl halides is 14. The van der Waals surface area contributed by atoms with Gasteiger partial charge in [-0.15, -0.1) is 0 Å². The molecule has 2 aliphatic heterocycles. The summed E-state index contributed by atoms with van der Waals surface area (Å²) in [6.07, 6.45) is -15.5. The maximum Gasteiger partial charge on any atom is 0.460 e. The highest BCUT2D eigenvalue weighted by molar-refractivity contribution is 5.83. The van der Waals surface area contributed by atoms with Gasteiger partial charge in [0.2, 0.25) is 0 Å². The Labute approximate surface area is 241 Å². The van der Waals surface area contributed by atoms with Crippen molar-refractivity contribution in [1.82, 2.24) is 4.90 Å². The number of piperidine rings is 1. The first-order valence-electron chi connectivity index (χ1n) is 12.6. The SMILES string of the molecule is CN1CC[C@]23c4c5ccc(OC(=O)C(F)(F)C(F)(F)C(F)(F)F)c4O[C@H]2[C@@H](OC(=O)C(F)(F)C(F)(F)C(F)(F)F)C=C[C@H]3[C@H]1C5. The predicted molar refractivity (Wildman–Crippen MR) is 117 cm³/mol. The highest BCUT2D eigenvalue weighted by atomic mass is 19.4. The summed E-state index contributed by atoms with van der Waals surface area (Å²) in [6, 6.07) is 1.41. The van der Waals surface area contributed by atoms with Gasteiger partial charge in [-0.1, -0.05) is 12.1 Å². The average Bonchev–Trinajstić information content (AvgIpc) is 3.26. The molecule has 20 heteroatoms. The Bertz CT molecular complexity index is 1450. The fourth-order valence-electron chi connectivity index (χ4n) is 6.36. The second-order valence-corrected chi connectivity index (χ2v) is 11.0. The number of ether oxygens (including phenoxy) is 3. The molecule has 1 fully saturated rings. The van der Waals surface area contributed by atoms with Crippen LogP contribution >= 0.6 is 0 Å². The lowest BCUT2D eigenvalue weighted by atomic mass is 9.53. The third-order valence-corrected chi connectivity index (χ3v) is 8.57. The van der Waals surface area contributed by atoms with Crippen molar-refractivity contribution in [1.29, 1.82) is 0 Å². The summed E-state index contributed by atoms with van der Waals surface area (Å²) in [5.41, 5.74) is -1.24. The van der Waals surface area contributed by atoms with E-state index in [1.54, 1.807) is 7.05 Å². The van der Waals surface area contributed by atoms with Crippen molar-refractivity contribution in [2.24, 2.45) is 5.92 Å². The third kappa shape index (κ3) is 4.32. The molecule has 5 atom stereocenters. The minimum absolute atomic E-state index is 0.0178. The molecule has 0 radical (unpaired) electrons. The van der Waals surface area contributed by atoms with Gasteiger partial charge < -0.3 is 19.1 Å². The second-order valence-electron chi connectivity index (χ2n) is 11.0.